The van der Waals surface area contributed by atoms with Crippen LogP contribution in [0.4, 0.5) is 5.00 Å². The molecular formula is C26H29Cl2N5O4S2. The second-order valence-electron chi connectivity index (χ2n) is 8.88. The van der Waals surface area contributed by atoms with Crippen molar-refractivity contribution in [3.05, 3.63) is 55.6 Å². The van der Waals surface area contributed by atoms with Crippen LogP contribution in [-0.4, -0.2) is 44.9 Å². The molecule has 1 aliphatic carbocycles. The molecule has 2 aromatic heterocycles. The fraction of sp³-hybridized carbons (Fsp3) is 0.423. The number of carbonyl (C=O) groups excluding carboxylic acids is 3. The minimum Gasteiger partial charge on any atom is -0.462 e. The molecule has 0 radical (unpaired) electrons. The molecule has 0 fully saturated rings. The predicted octanol–water partition coefficient (Wildman–Crippen LogP) is 5.94. The zero-order valence-corrected chi connectivity index (χ0v) is 25.0. The molecule has 2 heterocycles. The lowest BCUT2D eigenvalue weighted by Crippen LogP contribution is -2.28. The van der Waals surface area contributed by atoms with Crippen LogP contribution in [0.15, 0.2) is 23.4 Å². The lowest BCUT2D eigenvalue weighted by Gasteiger charge is -2.15. The maximum Gasteiger partial charge on any atom is 0.341 e. The summed E-state index contributed by atoms with van der Waals surface area (Å²) < 4.78 is 7.13. The molecule has 1 aliphatic rings. The minimum absolute atomic E-state index is 0.0764. The van der Waals surface area contributed by atoms with Crippen LogP contribution >= 0.6 is 46.3 Å². The van der Waals surface area contributed by atoms with Crippen LogP contribution in [0.5, 0.6) is 0 Å². The highest BCUT2D eigenvalue weighted by molar-refractivity contribution is 7.99. The van der Waals surface area contributed by atoms with Gasteiger partial charge in [0.1, 0.15) is 5.00 Å². The lowest BCUT2D eigenvalue weighted by atomic mass is 9.95. The highest BCUT2D eigenvalue weighted by Gasteiger charge is 2.27. The van der Waals surface area contributed by atoms with Gasteiger partial charge in [0.25, 0.3) is 5.91 Å². The number of ether oxygens (including phenoxy) is 1. The van der Waals surface area contributed by atoms with Crippen LogP contribution < -0.4 is 10.6 Å². The average Bonchev–Trinajstić information content (AvgIpc) is 3.49. The molecule has 1 atom stereocenters. The summed E-state index contributed by atoms with van der Waals surface area (Å²) in [5.74, 6) is -0.336. The largest absolute Gasteiger partial charge is 0.462 e. The first-order chi connectivity index (χ1) is 18.7. The molecule has 13 heteroatoms. The third kappa shape index (κ3) is 6.77. The Morgan fingerprint density at radius 1 is 1.15 bits per heavy atom. The van der Waals surface area contributed by atoms with E-state index < -0.39 is 12.0 Å². The molecule has 0 saturated heterocycles. The van der Waals surface area contributed by atoms with E-state index in [0.717, 1.165) is 36.1 Å². The van der Waals surface area contributed by atoms with Gasteiger partial charge in [0.2, 0.25) is 5.91 Å². The van der Waals surface area contributed by atoms with E-state index in [9.17, 15) is 14.4 Å². The second-order valence-corrected chi connectivity index (χ2v) is 11.7. The molecule has 2 amide bonds. The molecule has 0 spiro atoms. The second kappa shape index (κ2) is 13.2. The number of anilines is 1. The van der Waals surface area contributed by atoms with Crippen molar-refractivity contribution in [1.29, 1.82) is 0 Å². The summed E-state index contributed by atoms with van der Waals surface area (Å²) in [5.41, 5.74) is 1.86. The van der Waals surface area contributed by atoms with E-state index in [1.807, 2.05) is 18.4 Å². The average molecular weight is 611 g/mol. The van der Waals surface area contributed by atoms with Gasteiger partial charge < -0.3 is 19.9 Å². The molecule has 2 N–H and O–H groups in total. The van der Waals surface area contributed by atoms with Crippen LogP contribution in [0.1, 0.15) is 76.6 Å². The molecular weight excluding hydrogens is 581 g/mol. The molecule has 0 unspecified atom stereocenters. The Balaban J connectivity index is 1.42. The normalized spacial score (nSPS) is 13.5. The van der Waals surface area contributed by atoms with Gasteiger partial charge in [-0.3, -0.25) is 9.59 Å². The third-order valence-corrected chi connectivity index (χ3v) is 9.13. The van der Waals surface area contributed by atoms with Crippen molar-refractivity contribution >= 4 is 69.1 Å². The van der Waals surface area contributed by atoms with E-state index in [2.05, 4.69) is 20.8 Å². The maximum atomic E-state index is 12.9. The van der Waals surface area contributed by atoms with Crippen molar-refractivity contribution < 1.29 is 19.1 Å². The van der Waals surface area contributed by atoms with Gasteiger partial charge in [0.15, 0.2) is 11.0 Å². The Kier molecular flexibility index (Phi) is 9.92. The molecule has 9 nitrogen and oxygen atoms in total. The number of benzene rings is 1. The quantitative estimate of drug-likeness (QED) is 0.216. The SMILES string of the molecule is CCOC(=O)c1c(NC(=O)CSc2nnc([C@H](C)NC(=O)c3ccc(Cl)c(Cl)c3)n2CC)sc2c1CCCC2. The first-order valence-corrected chi connectivity index (χ1v) is 15.2. The van der Waals surface area contributed by atoms with Gasteiger partial charge in [-0.05, 0) is 70.2 Å². The predicted molar refractivity (Wildman–Crippen MR) is 154 cm³/mol. The smallest absolute Gasteiger partial charge is 0.341 e. The number of fused-ring (bicyclic) bond motifs is 1. The number of nitrogens with zero attached hydrogens (tertiary/aromatic N) is 3. The molecule has 0 aliphatic heterocycles. The number of nitrogens with one attached hydrogen (secondary N) is 2. The molecule has 39 heavy (non-hydrogen) atoms. The molecule has 1 aromatic carbocycles. The van der Waals surface area contributed by atoms with E-state index in [1.165, 1.54) is 29.2 Å². The lowest BCUT2D eigenvalue weighted by molar-refractivity contribution is -0.113. The Bertz CT molecular complexity index is 1390. The number of hydrogen-bond donors (Lipinski definition) is 2. The third-order valence-electron chi connectivity index (χ3n) is 6.21. The zero-order chi connectivity index (χ0) is 28.1. The van der Waals surface area contributed by atoms with Crippen LogP contribution in [0.3, 0.4) is 0 Å². The standard InChI is InChI=1S/C26H29Cl2N5O4S2/c1-4-33-22(14(3)29-23(35)15-10-11-17(27)18(28)12-15)31-32-26(33)38-13-20(34)30-24-21(25(36)37-5-2)16-8-6-7-9-19(16)39-24/h10-12,14H,4-9,13H2,1-3H3,(H,29,35)(H,30,34)/t14-/m0/s1. The summed E-state index contributed by atoms with van der Waals surface area (Å²) in [6.07, 6.45) is 3.80. The fourth-order valence-corrected chi connectivity index (χ4v) is 6.77. The Morgan fingerprint density at radius 2 is 1.92 bits per heavy atom. The molecule has 3 aromatic rings. The van der Waals surface area contributed by atoms with E-state index >= 15 is 0 Å². The van der Waals surface area contributed by atoms with Crippen molar-refractivity contribution in [3.63, 3.8) is 0 Å². The van der Waals surface area contributed by atoms with E-state index in [-0.39, 0.29) is 24.2 Å². The molecule has 208 valence electrons. The first kappa shape index (κ1) is 29.4. The van der Waals surface area contributed by atoms with Crippen molar-refractivity contribution in [2.75, 3.05) is 17.7 Å². The van der Waals surface area contributed by atoms with Gasteiger partial charge in [0, 0.05) is 17.0 Å². The molecule has 0 bridgehead atoms. The van der Waals surface area contributed by atoms with Gasteiger partial charge in [0.05, 0.1) is 34.0 Å². The number of thioether (sulfide) groups is 1. The van der Waals surface area contributed by atoms with Crippen LogP contribution in [0.2, 0.25) is 10.0 Å². The highest BCUT2D eigenvalue weighted by atomic mass is 35.5. The fourth-order valence-electron chi connectivity index (χ4n) is 4.37. The van der Waals surface area contributed by atoms with Gasteiger partial charge in [-0.15, -0.1) is 21.5 Å². The minimum atomic E-state index is -0.452. The number of aromatic nitrogens is 3. The van der Waals surface area contributed by atoms with Gasteiger partial charge >= 0.3 is 5.97 Å². The number of carbonyl (C=O) groups is 3. The van der Waals surface area contributed by atoms with Crippen molar-refractivity contribution in [2.45, 2.75) is 64.2 Å². The van der Waals surface area contributed by atoms with Crippen LogP contribution in [-0.2, 0) is 28.9 Å². The molecule has 0 saturated carbocycles. The Morgan fingerprint density at radius 3 is 2.64 bits per heavy atom. The number of esters is 1. The number of hydrogen-bond acceptors (Lipinski definition) is 8. The Labute approximate surface area is 245 Å². The van der Waals surface area contributed by atoms with E-state index in [4.69, 9.17) is 27.9 Å². The van der Waals surface area contributed by atoms with Crippen molar-refractivity contribution in [1.82, 2.24) is 20.1 Å². The summed E-state index contributed by atoms with van der Waals surface area (Å²) in [6, 6.07) is 4.22. The van der Waals surface area contributed by atoms with E-state index in [0.29, 0.717) is 43.7 Å². The summed E-state index contributed by atoms with van der Waals surface area (Å²) in [6.45, 7) is 6.33. The monoisotopic (exact) mass is 609 g/mol. The highest BCUT2D eigenvalue weighted by Crippen LogP contribution is 2.38. The number of rotatable bonds is 10. The summed E-state index contributed by atoms with van der Waals surface area (Å²) in [7, 11) is 0. The summed E-state index contributed by atoms with van der Waals surface area (Å²) in [4.78, 5) is 39.4. The Hall–Kier alpha value is -2.60. The van der Waals surface area contributed by atoms with Gasteiger partial charge in [-0.1, -0.05) is 35.0 Å². The summed E-state index contributed by atoms with van der Waals surface area (Å²) >= 11 is 14.7. The number of amides is 2. The summed E-state index contributed by atoms with van der Waals surface area (Å²) in [5, 5.41) is 16.1. The van der Waals surface area contributed by atoms with Crippen molar-refractivity contribution in [3.8, 4) is 0 Å². The van der Waals surface area contributed by atoms with Crippen LogP contribution in [0.25, 0.3) is 0 Å². The van der Waals surface area contributed by atoms with Crippen molar-refractivity contribution in [2.24, 2.45) is 0 Å². The van der Waals surface area contributed by atoms with E-state index in [1.54, 1.807) is 19.1 Å². The number of thiophene rings is 1. The van der Waals surface area contributed by atoms with Gasteiger partial charge in [-0.25, -0.2) is 4.79 Å². The number of aryl methyl sites for hydroxylation is 1. The molecule has 4 rings (SSSR count). The number of halogens is 2. The maximum absolute atomic E-state index is 12.9. The first-order valence-electron chi connectivity index (χ1n) is 12.7. The topological polar surface area (TPSA) is 115 Å². The van der Waals surface area contributed by atoms with Crippen LogP contribution in [0, 0.1) is 0 Å². The zero-order valence-electron chi connectivity index (χ0n) is 21.8. The van der Waals surface area contributed by atoms with Gasteiger partial charge in [-0.2, -0.15) is 0 Å².